The Bertz CT molecular complexity index is 280. The summed E-state index contributed by atoms with van der Waals surface area (Å²) < 4.78 is 5.80. The maximum atomic E-state index is 11.7. The summed E-state index contributed by atoms with van der Waals surface area (Å²) in [5, 5.41) is 15.2. The lowest BCUT2D eigenvalue weighted by Crippen LogP contribution is -2.41. The van der Waals surface area contributed by atoms with Gasteiger partial charge >= 0.3 is 0 Å². The maximum Gasteiger partial charge on any atom is 0.237 e. The molecule has 2 atom stereocenters. The summed E-state index contributed by atoms with van der Waals surface area (Å²) in [6.45, 7) is 1.90. The fourth-order valence-electron chi connectivity index (χ4n) is 2.81. The van der Waals surface area contributed by atoms with Crippen molar-refractivity contribution in [3.63, 3.8) is 0 Å². The highest BCUT2D eigenvalue weighted by molar-refractivity contribution is 5.82. The van der Waals surface area contributed by atoms with Crippen molar-refractivity contribution in [3.8, 4) is 0 Å². The van der Waals surface area contributed by atoms with Crippen LogP contribution < -0.4 is 10.6 Å². The Morgan fingerprint density at radius 1 is 1.32 bits per heavy atom. The third kappa shape index (κ3) is 5.09. The van der Waals surface area contributed by atoms with Crippen LogP contribution >= 0.6 is 0 Å². The van der Waals surface area contributed by atoms with Gasteiger partial charge in [0.15, 0.2) is 0 Å². The number of rotatable bonds is 6. The molecule has 5 heteroatoms. The van der Waals surface area contributed by atoms with Gasteiger partial charge in [-0.2, -0.15) is 0 Å². The average Bonchev–Trinajstić information content (AvgIpc) is 2.86. The molecule has 2 aliphatic rings. The summed E-state index contributed by atoms with van der Waals surface area (Å²) in [5.74, 6) is -0.00536. The SMILES string of the molecule is O=C(NCCCOC1CCCCC1)C1CC(O)CN1. The maximum absolute atomic E-state index is 11.7. The van der Waals surface area contributed by atoms with Gasteiger partial charge in [0.1, 0.15) is 0 Å². The predicted molar refractivity (Wildman–Crippen MR) is 72.9 cm³/mol. The van der Waals surface area contributed by atoms with E-state index in [2.05, 4.69) is 10.6 Å². The van der Waals surface area contributed by atoms with Crippen LogP contribution in [0.1, 0.15) is 44.9 Å². The van der Waals surface area contributed by atoms with Crippen molar-refractivity contribution < 1.29 is 14.6 Å². The highest BCUT2D eigenvalue weighted by Crippen LogP contribution is 2.20. The summed E-state index contributed by atoms with van der Waals surface area (Å²) in [4.78, 5) is 11.7. The molecule has 1 heterocycles. The number of β-amino-alcohol motifs (C(OH)–C–C–N with tert-alkyl or cyclic N) is 1. The summed E-state index contributed by atoms with van der Waals surface area (Å²) in [6.07, 6.45) is 7.74. The molecule has 2 unspecified atom stereocenters. The second kappa shape index (κ2) is 7.82. The largest absolute Gasteiger partial charge is 0.392 e. The lowest BCUT2D eigenvalue weighted by molar-refractivity contribution is -0.123. The van der Waals surface area contributed by atoms with Crippen molar-refractivity contribution in [1.82, 2.24) is 10.6 Å². The van der Waals surface area contributed by atoms with Gasteiger partial charge in [0, 0.05) is 19.7 Å². The molecule has 0 aromatic heterocycles. The van der Waals surface area contributed by atoms with E-state index in [0.29, 0.717) is 25.6 Å². The van der Waals surface area contributed by atoms with Crippen molar-refractivity contribution in [2.45, 2.75) is 63.2 Å². The molecule has 1 saturated heterocycles. The Morgan fingerprint density at radius 3 is 2.79 bits per heavy atom. The van der Waals surface area contributed by atoms with Crippen LogP contribution in [0.4, 0.5) is 0 Å². The van der Waals surface area contributed by atoms with Crippen LogP contribution in [0.3, 0.4) is 0 Å². The monoisotopic (exact) mass is 270 g/mol. The topological polar surface area (TPSA) is 70.6 Å². The number of hydrogen-bond acceptors (Lipinski definition) is 4. The minimum absolute atomic E-state index is 0.00536. The van der Waals surface area contributed by atoms with E-state index < -0.39 is 0 Å². The van der Waals surface area contributed by atoms with Crippen LogP contribution in [0.2, 0.25) is 0 Å². The molecule has 0 spiro atoms. The molecule has 1 aliphatic heterocycles. The lowest BCUT2D eigenvalue weighted by Gasteiger charge is -2.22. The van der Waals surface area contributed by atoms with Gasteiger partial charge in [-0.1, -0.05) is 19.3 Å². The van der Waals surface area contributed by atoms with Gasteiger partial charge in [-0.3, -0.25) is 4.79 Å². The first-order valence-corrected chi connectivity index (χ1v) is 7.56. The van der Waals surface area contributed by atoms with Gasteiger partial charge in [0.2, 0.25) is 5.91 Å². The van der Waals surface area contributed by atoms with Gasteiger partial charge in [-0.25, -0.2) is 0 Å². The number of hydrogen-bond donors (Lipinski definition) is 3. The first-order chi connectivity index (χ1) is 9.25. The van der Waals surface area contributed by atoms with Crippen LogP contribution in [0.25, 0.3) is 0 Å². The fourth-order valence-corrected chi connectivity index (χ4v) is 2.81. The molecule has 2 rings (SSSR count). The fraction of sp³-hybridized carbons (Fsp3) is 0.929. The van der Waals surface area contributed by atoms with Crippen LogP contribution in [-0.4, -0.2) is 49.0 Å². The Kier molecular flexibility index (Phi) is 6.07. The van der Waals surface area contributed by atoms with Crippen molar-refractivity contribution in [3.05, 3.63) is 0 Å². The summed E-state index contributed by atoms with van der Waals surface area (Å²) in [5.41, 5.74) is 0. The third-order valence-corrected chi connectivity index (χ3v) is 3.95. The van der Waals surface area contributed by atoms with Gasteiger partial charge < -0.3 is 20.5 Å². The lowest BCUT2D eigenvalue weighted by atomic mass is 9.98. The Morgan fingerprint density at radius 2 is 2.11 bits per heavy atom. The smallest absolute Gasteiger partial charge is 0.237 e. The zero-order valence-electron chi connectivity index (χ0n) is 11.6. The zero-order chi connectivity index (χ0) is 13.5. The van der Waals surface area contributed by atoms with Gasteiger partial charge in [0.05, 0.1) is 18.2 Å². The molecule has 0 aromatic rings. The molecule has 110 valence electrons. The van der Waals surface area contributed by atoms with E-state index >= 15 is 0 Å². The van der Waals surface area contributed by atoms with Crippen LogP contribution in [0.15, 0.2) is 0 Å². The molecule has 5 nitrogen and oxygen atoms in total. The quantitative estimate of drug-likeness (QED) is 0.617. The van der Waals surface area contributed by atoms with Gasteiger partial charge in [0.25, 0.3) is 0 Å². The molecule has 1 saturated carbocycles. The second-order valence-corrected chi connectivity index (χ2v) is 5.63. The molecule has 0 radical (unpaired) electrons. The summed E-state index contributed by atoms with van der Waals surface area (Å²) >= 11 is 0. The standard InChI is InChI=1S/C14H26N2O3/c17-11-9-13(16-10-11)14(18)15-7-4-8-19-12-5-2-1-3-6-12/h11-13,16-17H,1-10H2,(H,15,18). The summed E-state index contributed by atoms with van der Waals surface area (Å²) in [6, 6.07) is -0.228. The van der Waals surface area contributed by atoms with E-state index in [0.717, 1.165) is 13.0 Å². The Balaban J connectivity index is 1.48. The van der Waals surface area contributed by atoms with E-state index in [-0.39, 0.29) is 18.1 Å². The molecular weight excluding hydrogens is 244 g/mol. The number of carbonyl (C=O) groups is 1. The molecule has 2 fully saturated rings. The molecule has 1 aliphatic carbocycles. The first-order valence-electron chi connectivity index (χ1n) is 7.56. The number of carbonyl (C=O) groups excluding carboxylic acids is 1. The second-order valence-electron chi connectivity index (χ2n) is 5.63. The number of aliphatic hydroxyl groups excluding tert-OH is 1. The van der Waals surface area contributed by atoms with E-state index in [1.54, 1.807) is 0 Å². The highest BCUT2D eigenvalue weighted by atomic mass is 16.5. The Hall–Kier alpha value is -0.650. The van der Waals surface area contributed by atoms with E-state index in [4.69, 9.17) is 4.74 Å². The third-order valence-electron chi connectivity index (χ3n) is 3.95. The predicted octanol–water partition coefficient (Wildman–Crippen LogP) is 0.565. The Labute approximate surface area is 115 Å². The van der Waals surface area contributed by atoms with Crippen molar-refractivity contribution >= 4 is 5.91 Å². The van der Waals surface area contributed by atoms with Gasteiger partial charge in [-0.15, -0.1) is 0 Å². The van der Waals surface area contributed by atoms with Crippen LogP contribution in [0, 0.1) is 0 Å². The number of aliphatic hydroxyl groups is 1. The summed E-state index contributed by atoms with van der Waals surface area (Å²) in [7, 11) is 0. The molecule has 3 N–H and O–H groups in total. The van der Waals surface area contributed by atoms with E-state index in [1.165, 1.54) is 32.1 Å². The minimum atomic E-state index is -0.384. The molecule has 0 aromatic carbocycles. The van der Waals surface area contributed by atoms with Gasteiger partial charge in [-0.05, 0) is 25.7 Å². The normalized spacial score (nSPS) is 28.5. The number of nitrogens with one attached hydrogen (secondary N) is 2. The molecule has 0 bridgehead atoms. The average molecular weight is 270 g/mol. The highest BCUT2D eigenvalue weighted by Gasteiger charge is 2.27. The first kappa shape index (κ1) is 14.8. The zero-order valence-corrected chi connectivity index (χ0v) is 11.6. The van der Waals surface area contributed by atoms with Crippen molar-refractivity contribution in [2.75, 3.05) is 19.7 Å². The van der Waals surface area contributed by atoms with E-state index in [1.807, 2.05) is 0 Å². The number of ether oxygens (including phenoxy) is 1. The van der Waals surface area contributed by atoms with Crippen molar-refractivity contribution in [2.24, 2.45) is 0 Å². The molecule has 19 heavy (non-hydrogen) atoms. The van der Waals surface area contributed by atoms with Crippen molar-refractivity contribution in [1.29, 1.82) is 0 Å². The van der Waals surface area contributed by atoms with Crippen LogP contribution in [0.5, 0.6) is 0 Å². The van der Waals surface area contributed by atoms with Crippen LogP contribution in [-0.2, 0) is 9.53 Å². The number of amides is 1. The molecular formula is C14H26N2O3. The molecule has 1 amide bonds. The van der Waals surface area contributed by atoms with E-state index in [9.17, 15) is 9.90 Å². The minimum Gasteiger partial charge on any atom is -0.392 e.